The molecule has 2 rings (SSSR count). The zero-order valence-corrected chi connectivity index (χ0v) is 10.5. The predicted octanol–water partition coefficient (Wildman–Crippen LogP) is 0.822. The Labute approximate surface area is 102 Å². The number of methoxy groups -OCH3 is 2. The summed E-state index contributed by atoms with van der Waals surface area (Å²) in [7, 11) is 3.41. The summed E-state index contributed by atoms with van der Waals surface area (Å²) in [5, 5.41) is 0. The van der Waals surface area contributed by atoms with E-state index in [1.807, 2.05) is 13.0 Å². The summed E-state index contributed by atoms with van der Waals surface area (Å²) in [4.78, 5) is 6.53. The highest BCUT2D eigenvalue weighted by atomic mass is 16.5. The topological polar surface area (TPSA) is 60.6 Å². The van der Waals surface area contributed by atoms with Gasteiger partial charge in [-0.15, -0.1) is 0 Å². The average molecular weight is 237 g/mol. The van der Waals surface area contributed by atoms with Crippen LogP contribution in [0.2, 0.25) is 0 Å². The van der Waals surface area contributed by atoms with Gasteiger partial charge in [-0.25, -0.2) is 4.98 Å². The van der Waals surface area contributed by atoms with Crippen molar-refractivity contribution in [1.82, 2.24) is 4.98 Å². The predicted molar refractivity (Wildman–Crippen MR) is 67.2 cm³/mol. The fourth-order valence-electron chi connectivity index (χ4n) is 2.08. The molecule has 1 aromatic heterocycles. The van der Waals surface area contributed by atoms with Crippen molar-refractivity contribution in [3.8, 4) is 0 Å². The third-order valence-corrected chi connectivity index (χ3v) is 3.28. The number of rotatable bonds is 3. The number of aryl methyl sites for hydroxylation is 1. The molecule has 0 spiro atoms. The van der Waals surface area contributed by atoms with Gasteiger partial charge in [0.15, 0.2) is 0 Å². The first kappa shape index (κ1) is 12.1. The van der Waals surface area contributed by atoms with Crippen molar-refractivity contribution in [2.75, 3.05) is 37.9 Å². The van der Waals surface area contributed by atoms with Crippen LogP contribution in [0.1, 0.15) is 5.56 Å². The zero-order valence-electron chi connectivity index (χ0n) is 10.5. The Bertz CT molecular complexity index is 385. The summed E-state index contributed by atoms with van der Waals surface area (Å²) in [6.45, 7) is 3.51. The molecule has 17 heavy (non-hydrogen) atoms. The standard InChI is InChI=1S/C12H19N3O2/c1-8-5-14-12(4-9(8)13)15-6-10(16-2)11(7-15)17-3/h4-5,10-11H,6-7H2,1-3H3,(H2,13,14). The van der Waals surface area contributed by atoms with E-state index >= 15 is 0 Å². The Morgan fingerprint density at radius 3 is 2.35 bits per heavy atom. The van der Waals surface area contributed by atoms with Crippen molar-refractivity contribution >= 4 is 11.5 Å². The lowest BCUT2D eigenvalue weighted by molar-refractivity contribution is -0.00461. The van der Waals surface area contributed by atoms with E-state index in [4.69, 9.17) is 15.2 Å². The number of hydrogen-bond acceptors (Lipinski definition) is 5. The normalized spacial score (nSPS) is 24.3. The van der Waals surface area contributed by atoms with Gasteiger partial charge in [-0.2, -0.15) is 0 Å². The number of nitrogen functional groups attached to an aromatic ring is 1. The first-order valence-electron chi connectivity index (χ1n) is 5.68. The number of nitrogens with two attached hydrogens (primary N) is 1. The number of pyridine rings is 1. The van der Waals surface area contributed by atoms with Crippen LogP contribution in [-0.2, 0) is 9.47 Å². The third-order valence-electron chi connectivity index (χ3n) is 3.28. The lowest BCUT2D eigenvalue weighted by Gasteiger charge is -2.17. The summed E-state index contributed by atoms with van der Waals surface area (Å²) in [5.74, 6) is 0.884. The molecule has 0 bridgehead atoms. The molecule has 0 amide bonds. The smallest absolute Gasteiger partial charge is 0.130 e. The quantitative estimate of drug-likeness (QED) is 0.843. The van der Waals surface area contributed by atoms with E-state index < -0.39 is 0 Å². The molecule has 0 aromatic carbocycles. The van der Waals surface area contributed by atoms with Crippen LogP contribution in [-0.4, -0.2) is 44.5 Å². The molecule has 2 unspecified atom stereocenters. The Morgan fingerprint density at radius 1 is 1.29 bits per heavy atom. The van der Waals surface area contributed by atoms with Gasteiger partial charge in [0, 0.05) is 45.3 Å². The highest BCUT2D eigenvalue weighted by molar-refractivity contribution is 5.55. The first-order chi connectivity index (χ1) is 8.15. The van der Waals surface area contributed by atoms with Gasteiger partial charge in [-0.05, 0) is 12.5 Å². The van der Waals surface area contributed by atoms with Crippen LogP contribution in [0, 0.1) is 6.92 Å². The molecule has 2 heterocycles. The van der Waals surface area contributed by atoms with Crippen molar-refractivity contribution in [2.24, 2.45) is 0 Å². The largest absolute Gasteiger partial charge is 0.398 e. The van der Waals surface area contributed by atoms with E-state index in [9.17, 15) is 0 Å². The Morgan fingerprint density at radius 2 is 1.88 bits per heavy atom. The minimum absolute atomic E-state index is 0.0873. The molecule has 94 valence electrons. The fraction of sp³-hybridized carbons (Fsp3) is 0.583. The lowest BCUT2D eigenvalue weighted by atomic mass is 10.2. The Kier molecular flexibility index (Phi) is 3.49. The number of aromatic nitrogens is 1. The second-order valence-electron chi connectivity index (χ2n) is 4.35. The van der Waals surface area contributed by atoms with E-state index in [1.165, 1.54) is 0 Å². The third kappa shape index (κ3) is 2.35. The Hall–Kier alpha value is -1.33. The molecule has 2 atom stereocenters. The molecule has 1 saturated heterocycles. The minimum Gasteiger partial charge on any atom is -0.398 e. The van der Waals surface area contributed by atoms with E-state index in [-0.39, 0.29) is 12.2 Å². The number of anilines is 2. The maximum Gasteiger partial charge on any atom is 0.130 e. The molecule has 0 saturated carbocycles. The van der Waals surface area contributed by atoms with Crippen LogP contribution in [0.4, 0.5) is 11.5 Å². The van der Waals surface area contributed by atoms with Crippen LogP contribution in [0.3, 0.4) is 0 Å². The molecule has 0 aliphatic carbocycles. The molecule has 2 N–H and O–H groups in total. The monoisotopic (exact) mass is 237 g/mol. The second kappa shape index (κ2) is 4.89. The van der Waals surface area contributed by atoms with Crippen LogP contribution in [0.5, 0.6) is 0 Å². The maximum absolute atomic E-state index is 5.89. The molecule has 1 aliphatic rings. The molecule has 0 radical (unpaired) electrons. The first-order valence-corrected chi connectivity index (χ1v) is 5.68. The van der Waals surface area contributed by atoms with Gasteiger partial charge in [0.2, 0.25) is 0 Å². The van der Waals surface area contributed by atoms with Gasteiger partial charge in [-0.3, -0.25) is 0 Å². The molecule has 1 aliphatic heterocycles. The SMILES string of the molecule is COC1CN(c2cc(N)c(C)cn2)CC1OC. The van der Waals surface area contributed by atoms with Gasteiger partial charge in [0.25, 0.3) is 0 Å². The minimum atomic E-state index is 0.0873. The van der Waals surface area contributed by atoms with Crippen molar-refractivity contribution in [1.29, 1.82) is 0 Å². The van der Waals surface area contributed by atoms with Crippen molar-refractivity contribution in [2.45, 2.75) is 19.1 Å². The van der Waals surface area contributed by atoms with Crippen LogP contribution >= 0.6 is 0 Å². The highest BCUT2D eigenvalue weighted by Gasteiger charge is 2.33. The Balaban J connectivity index is 2.16. The number of nitrogens with zero attached hydrogens (tertiary/aromatic N) is 2. The number of hydrogen-bond donors (Lipinski definition) is 1. The van der Waals surface area contributed by atoms with Crippen LogP contribution < -0.4 is 10.6 Å². The van der Waals surface area contributed by atoms with E-state index in [0.29, 0.717) is 0 Å². The summed E-state index contributed by atoms with van der Waals surface area (Å²) in [6.07, 6.45) is 1.97. The summed E-state index contributed by atoms with van der Waals surface area (Å²) in [6, 6.07) is 1.90. The molecule has 1 fully saturated rings. The summed E-state index contributed by atoms with van der Waals surface area (Å²) in [5.41, 5.74) is 7.66. The van der Waals surface area contributed by atoms with Crippen molar-refractivity contribution < 1.29 is 9.47 Å². The van der Waals surface area contributed by atoms with E-state index in [0.717, 1.165) is 30.2 Å². The maximum atomic E-state index is 5.89. The van der Waals surface area contributed by atoms with Crippen LogP contribution in [0.15, 0.2) is 12.3 Å². The average Bonchev–Trinajstić information content (AvgIpc) is 2.75. The fourth-order valence-corrected chi connectivity index (χ4v) is 2.08. The second-order valence-corrected chi connectivity index (χ2v) is 4.35. The van der Waals surface area contributed by atoms with Gasteiger partial charge in [0.05, 0.1) is 0 Å². The van der Waals surface area contributed by atoms with Gasteiger partial charge >= 0.3 is 0 Å². The molecular weight excluding hydrogens is 218 g/mol. The summed E-state index contributed by atoms with van der Waals surface area (Å²) < 4.78 is 10.8. The van der Waals surface area contributed by atoms with Crippen molar-refractivity contribution in [3.63, 3.8) is 0 Å². The molecular formula is C12H19N3O2. The van der Waals surface area contributed by atoms with Gasteiger partial charge in [-0.1, -0.05) is 0 Å². The molecule has 5 nitrogen and oxygen atoms in total. The van der Waals surface area contributed by atoms with Crippen molar-refractivity contribution in [3.05, 3.63) is 17.8 Å². The van der Waals surface area contributed by atoms with Gasteiger partial charge in [0.1, 0.15) is 18.0 Å². The zero-order chi connectivity index (χ0) is 12.4. The lowest BCUT2D eigenvalue weighted by Crippen LogP contribution is -2.27. The van der Waals surface area contributed by atoms with Crippen LogP contribution in [0.25, 0.3) is 0 Å². The molecule has 5 heteroatoms. The summed E-state index contributed by atoms with van der Waals surface area (Å²) >= 11 is 0. The number of ether oxygens (including phenoxy) is 2. The highest BCUT2D eigenvalue weighted by Crippen LogP contribution is 2.24. The van der Waals surface area contributed by atoms with E-state index in [2.05, 4.69) is 9.88 Å². The van der Waals surface area contributed by atoms with Gasteiger partial charge < -0.3 is 20.1 Å². The molecule has 1 aromatic rings. The van der Waals surface area contributed by atoms with E-state index in [1.54, 1.807) is 20.4 Å².